The molecule has 8 heteroatoms. The molecule has 2 aromatic carbocycles. The summed E-state index contributed by atoms with van der Waals surface area (Å²) < 4.78 is 10.9. The van der Waals surface area contributed by atoms with E-state index in [-0.39, 0.29) is 22.8 Å². The van der Waals surface area contributed by atoms with E-state index in [1.54, 1.807) is 36.4 Å². The minimum absolute atomic E-state index is 0.00319. The average Bonchev–Trinajstić information content (AvgIpc) is 3.07. The summed E-state index contributed by atoms with van der Waals surface area (Å²) in [6.07, 6.45) is 0.646. The zero-order valence-corrected chi connectivity index (χ0v) is 20.9. The molecule has 0 spiro atoms. The Hall–Kier alpha value is -3.52. The van der Waals surface area contributed by atoms with Crippen LogP contribution < -0.4 is 9.47 Å². The number of ketones is 1. The molecular weight excluding hydrogens is 448 g/mol. The number of aliphatic hydroxyl groups excluding tert-OH is 1. The Morgan fingerprint density at radius 3 is 2.40 bits per heavy atom. The number of carbonyl (C=O) groups excluding carboxylic acids is 2. The predicted molar refractivity (Wildman–Crippen MR) is 134 cm³/mol. The Balaban J connectivity index is 2.04. The number of phenols is 1. The first-order valence-corrected chi connectivity index (χ1v) is 11.7. The van der Waals surface area contributed by atoms with E-state index < -0.39 is 17.7 Å². The lowest BCUT2D eigenvalue weighted by molar-refractivity contribution is -0.139. The van der Waals surface area contributed by atoms with E-state index in [4.69, 9.17) is 9.47 Å². The van der Waals surface area contributed by atoms with E-state index in [2.05, 4.69) is 13.8 Å². The molecular formula is C27H34N2O6. The molecule has 1 amide bonds. The Labute approximate surface area is 206 Å². The molecule has 1 saturated heterocycles. The van der Waals surface area contributed by atoms with E-state index in [0.717, 1.165) is 6.54 Å². The number of amides is 1. The van der Waals surface area contributed by atoms with Crippen LogP contribution in [0.5, 0.6) is 17.2 Å². The van der Waals surface area contributed by atoms with Crippen molar-refractivity contribution in [2.45, 2.75) is 26.3 Å². The summed E-state index contributed by atoms with van der Waals surface area (Å²) in [6.45, 7) is 5.72. The van der Waals surface area contributed by atoms with Gasteiger partial charge in [-0.05, 0) is 74.9 Å². The maximum atomic E-state index is 13.2. The summed E-state index contributed by atoms with van der Waals surface area (Å²) in [5, 5.41) is 21.3. The van der Waals surface area contributed by atoms with Crippen LogP contribution in [-0.4, -0.2) is 72.6 Å². The van der Waals surface area contributed by atoms with Gasteiger partial charge in [-0.25, -0.2) is 0 Å². The summed E-state index contributed by atoms with van der Waals surface area (Å²) in [6, 6.07) is 10.6. The number of Topliss-reactive ketones (excluding diaryl/α,β-unsaturated/α-hetero) is 1. The van der Waals surface area contributed by atoms with E-state index >= 15 is 0 Å². The summed E-state index contributed by atoms with van der Waals surface area (Å²) in [4.78, 5) is 29.7. The standard InChI is InChI=1S/C27H34N2O6/c1-17(2)16-35-20-10-7-18(8-11-20)25(31)23-24(19-9-12-21(30)22(15-19)34-5)29(27(33)26(23)32)14-6-13-28(3)4/h7-12,15,17,24,30-31H,6,13-14,16H2,1-5H3/t24-/m0/s1. The topological polar surface area (TPSA) is 99.5 Å². The molecule has 1 atom stereocenters. The number of aromatic hydroxyl groups is 1. The SMILES string of the molecule is COc1cc([C@H]2C(=C(O)c3ccc(OCC(C)C)cc3)C(=O)C(=O)N2CCCN(C)C)ccc1O. The second kappa shape index (κ2) is 11.3. The van der Waals surface area contributed by atoms with Crippen LogP contribution in [0.1, 0.15) is 37.4 Å². The molecule has 2 aromatic rings. The Morgan fingerprint density at radius 1 is 1.11 bits per heavy atom. The van der Waals surface area contributed by atoms with Gasteiger partial charge in [-0.15, -0.1) is 0 Å². The zero-order valence-electron chi connectivity index (χ0n) is 20.9. The van der Waals surface area contributed by atoms with Crippen molar-refractivity contribution in [1.29, 1.82) is 0 Å². The predicted octanol–water partition coefficient (Wildman–Crippen LogP) is 3.81. The Morgan fingerprint density at radius 2 is 1.80 bits per heavy atom. The zero-order chi connectivity index (χ0) is 25.7. The van der Waals surface area contributed by atoms with Gasteiger partial charge in [0.15, 0.2) is 11.5 Å². The molecule has 1 aliphatic rings. The summed E-state index contributed by atoms with van der Waals surface area (Å²) in [5.41, 5.74) is 0.967. The third-order valence-corrected chi connectivity index (χ3v) is 5.77. The van der Waals surface area contributed by atoms with Crippen molar-refractivity contribution in [2.75, 3.05) is 40.9 Å². The summed E-state index contributed by atoms with van der Waals surface area (Å²) in [5.74, 6) is -0.492. The van der Waals surface area contributed by atoms with Gasteiger partial charge in [0, 0.05) is 12.1 Å². The molecule has 8 nitrogen and oxygen atoms in total. The molecule has 0 aliphatic carbocycles. The van der Waals surface area contributed by atoms with Crippen molar-refractivity contribution in [3.8, 4) is 17.2 Å². The van der Waals surface area contributed by atoms with Crippen molar-refractivity contribution < 1.29 is 29.3 Å². The van der Waals surface area contributed by atoms with E-state index in [1.165, 1.54) is 18.1 Å². The number of aliphatic hydroxyl groups is 1. The molecule has 0 saturated carbocycles. The third-order valence-electron chi connectivity index (χ3n) is 5.77. The number of ether oxygens (including phenoxy) is 2. The van der Waals surface area contributed by atoms with Crippen molar-refractivity contribution in [3.63, 3.8) is 0 Å². The van der Waals surface area contributed by atoms with Gasteiger partial charge in [-0.3, -0.25) is 9.59 Å². The number of phenolic OH excluding ortho intramolecular Hbond substituents is 1. The quantitative estimate of drug-likeness (QED) is 0.302. The van der Waals surface area contributed by atoms with Gasteiger partial charge in [0.2, 0.25) is 0 Å². The molecule has 188 valence electrons. The van der Waals surface area contributed by atoms with Crippen molar-refractivity contribution in [1.82, 2.24) is 9.80 Å². The number of nitrogens with zero attached hydrogens (tertiary/aromatic N) is 2. The maximum Gasteiger partial charge on any atom is 0.295 e. The lowest BCUT2D eigenvalue weighted by Crippen LogP contribution is -2.32. The number of methoxy groups -OCH3 is 1. The third kappa shape index (κ3) is 5.95. The Kier molecular flexibility index (Phi) is 8.40. The number of carbonyl (C=O) groups is 2. The van der Waals surface area contributed by atoms with Crippen LogP contribution in [0.3, 0.4) is 0 Å². The molecule has 0 radical (unpaired) electrons. The average molecular weight is 483 g/mol. The molecule has 3 rings (SSSR count). The van der Waals surface area contributed by atoms with Crippen LogP contribution in [0, 0.1) is 5.92 Å². The summed E-state index contributed by atoms with van der Waals surface area (Å²) in [7, 11) is 5.30. The second-order valence-electron chi connectivity index (χ2n) is 9.31. The first-order valence-electron chi connectivity index (χ1n) is 11.7. The smallest absolute Gasteiger partial charge is 0.295 e. The summed E-state index contributed by atoms with van der Waals surface area (Å²) >= 11 is 0. The number of benzene rings is 2. The van der Waals surface area contributed by atoms with Gasteiger partial charge >= 0.3 is 0 Å². The molecule has 35 heavy (non-hydrogen) atoms. The van der Waals surface area contributed by atoms with Gasteiger partial charge in [0.1, 0.15) is 11.5 Å². The molecule has 1 aliphatic heterocycles. The molecule has 0 bridgehead atoms. The van der Waals surface area contributed by atoms with Crippen LogP contribution in [0.15, 0.2) is 48.0 Å². The fraction of sp³-hybridized carbons (Fsp3) is 0.407. The highest BCUT2D eigenvalue weighted by Crippen LogP contribution is 2.41. The van der Waals surface area contributed by atoms with Crippen molar-refractivity contribution >= 4 is 17.4 Å². The highest BCUT2D eigenvalue weighted by Gasteiger charge is 2.46. The fourth-order valence-electron chi connectivity index (χ4n) is 4.01. The lowest BCUT2D eigenvalue weighted by atomic mass is 9.95. The van der Waals surface area contributed by atoms with Crippen LogP contribution in [0.4, 0.5) is 0 Å². The molecule has 0 unspecified atom stereocenters. The van der Waals surface area contributed by atoms with E-state index in [0.29, 0.717) is 42.4 Å². The van der Waals surface area contributed by atoms with Gasteiger partial charge in [0.25, 0.3) is 11.7 Å². The molecule has 0 aromatic heterocycles. The van der Waals surface area contributed by atoms with Gasteiger partial charge in [-0.2, -0.15) is 0 Å². The Bertz CT molecular complexity index is 1090. The largest absolute Gasteiger partial charge is 0.507 e. The van der Waals surface area contributed by atoms with Gasteiger partial charge < -0.3 is 29.5 Å². The fourth-order valence-corrected chi connectivity index (χ4v) is 4.01. The highest BCUT2D eigenvalue weighted by molar-refractivity contribution is 6.46. The van der Waals surface area contributed by atoms with Gasteiger partial charge in [-0.1, -0.05) is 19.9 Å². The van der Waals surface area contributed by atoms with E-state index in [1.807, 2.05) is 19.0 Å². The van der Waals surface area contributed by atoms with Crippen molar-refractivity contribution in [2.24, 2.45) is 5.92 Å². The van der Waals surface area contributed by atoms with Crippen LogP contribution in [0.2, 0.25) is 0 Å². The monoisotopic (exact) mass is 482 g/mol. The minimum atomic E-state index is -0.816. The number of hydrogen-bond donors (Lipinski definition) is 2. The highest BCUT2D eigenvalue weighted by atomic mass is 16.5. The van der Waals surface area contributed by atoms with Crippen LogP contribution in [-0.2, 0) is 9.59 Å². The number of likely N-dealkylation sites (tertiary alicyclic amines) is 1. The minimum Gasteiger partial charge on any atom is -0.507 e. The number of rotatable bonds is 10. The first kappa shape index (κ1) is 26.1. The van der Waals surface area contributed by atoms with Crippen molar-refractivity contribution in [3.05, 3.63) is 59.2 Å². The molecule has 1 heterocycles. The lowest BCUT2D eigenvalue weighted by Gasteiger charge is -2.26. The molecule has 2 N–H and O–H groups in total. The van der Waals surface area contributed by atoms with Gasteiger partial charge in [0.05, 0.1) is 25.3 Å². The maximum absolute atomic E-state index is 13.2. The van der Waals surface area contributed by atoms with Crippen LogP contribution in [0.25, 0.3) is 5.76 Å². The van der Waals surface area contributed by atoms with E-state index in [9.17, 15) is 19.8 Å². The normalized spacial score (nSPS) is 17.5. The van der Waals surface area contributed by atoms with Crippen LogP contribution >= 0.6 is 0 Å². The second-order valence-corrected chi connectivity index (χ2v) is 9.31. The molecule has 1 fully saturated rings. The number of hydrogen-bond acceptors (Lipinski definition) is 7. The first-order chi connectivity index (χ1) is 16.6.